The first-order valence-corrected chi connectivity index (χ1v) is 11.1. The molecule has 27 heavy (non-hydrogen) atoms. The molecule has 2 fully saturated rings. The Hall–Kier alpha value is -1.82. The molecule has 144 valence electrons. The number of hydrogen-bond acceptors (Lipinski definition) is 4. The summed E-state index contributed by atoms with van der Waals surface area (Å²) >= 11 is 1.50. The van der Waals surface area contributed by atoms with E-state index in [1.807, 2.05) is 34.7 Å². The van der Waals surface area contributed by atoms with E-state index in [0.29, 0.717) is 5.92 Å². The van der Waals surface area contributed by atoms with E-state index in [9.17, 15) is 4.79 Å². The highest BCUT2D eigenvalue weighted by Gasteiger charge is 2.27. The summed E-state index contributed by atoms with van der Waals surface area (Å²) in [4.78, 5) is 19.5. The van der Waals surface area contributed by atoms with E-state index in [1.54, 1.807) is 0 Å². The van der Waals surface area contributed by atoms with E-state index in [4.69, 9.17) is 10.1 Å². The van der Waals surface area contributed by atoms with Crippen LogP contribution in [0, 0.1) is 0 Å². The number of carbonyl (C=O) groups excluding carboxylic acids is 1. The number of benzene rings is 1. The zero-order valence-electron chi connectivity index (χ0n) is 16.0. The van der Waals surface area contributed by atoms with Crippen LogP contribution >= 0.6 is 11.8 Å². The van der Waals surface area contributed by atoms with E-state index < -0.39 is 0 Å². The van der Waals surface area contributed by atoms with Gasteiger partial charge in [0.15, 0.2) is 0 Å². The standard InChI is InChI=1S/C21H28N4OS/c1-16(20(26)24-14-8-9-15-24)27-21-22-19(17-10-4-2-5-11-17)25(23-21)18-12-6-3-7-13-18/h3,6-7,12-13,16-17H,2,4-5,8-11,14-15H2,1H3. The number of amides is 1. The Morgan fingerprint density at radius 1 is 1.07 bits per heavy atom. The van der Waals surface area contributed by atoms with Crippen molar-refractivity contribution in [3.63, 3.8) is 0 Å². The van der Waals surface area contributed by atoms with Crippen molar-refractivity contribution in [2.24, 2.45) is 0 Å². The first kappa shape index (κ1) is 18.5. The molecule has 1 aliphatic carbocycles. The highest BCUT2D eigenvalue weighted by Crippen LogP contribution is 2.34. The van der Waals surface area contributed by atoms with E-state index in [1.165, 1.54) is 43.9 Å². The Morgan fingerprint density at radius 3 is 2.48 bits per heavy atom. The Bertz CT molecular complexity index is 764. The summed E-state index contributed by atoms with van der Waals surface area (Å²) in [6.45, 7) is 3.76. The van der Waals surface area contributed by atoms with Gasteiger partial charge in [-0.2, -0.15) is 0 Å². The summed E-state index contributed by atoms with van der Waals surface area (Å²) in [6.07, 6.45) is 8.44. The van der Waals surface area contributed by atoms with Crippen LogP contribution in [0.4, 0.5) is 0 Å². The highest BCUT2D eigenvalue weighted by molar-refractivity contribution is 8.00. The van der Waals surface area contributed by atoms with Gasteiger partial charge in [0.2, 0.25) is 11.1 Å². The molecule has 0 radical (unpaired) electrons. The highest BCUT2D eigenvalue weighted by atomic mass is 32.2. The first-order valence-electron chi connectivity index (χ1n) is 10.2. The number of aromatic nitrogens is 3. The Labute approximate surface area is 165 Å². The fraction of sp³-hybridized carbons (Fsp3) is 0.571. The largest absolute Gasteiger partial charge is 0.342 e. The molecule has 0 spiro atoms. The smallest absolute Gasteiger partial charge is 0.235 e. The SMILES string of the molecule is CC(Sc1nc(C2CCCCC2)n(-c2ccccc2)n1)C(=O)N1CCCC1. The molecule has 1 atom stereocenters. The van der Waals surface area contributed by atoms with Gasteiger partial charge in [-0.1, -0.05) is 49.2 Å². The minimum atomic E-state index is -0.145. The second kappa shape index (κ2) is 8.46. The number of rotatable bonds is 5. The predicted octanol–water partition coefficient (Wildman–Crippen LogP) is 4.42. The molecule has 6 heteroatoms. The lowest BCUT2D eigenvalue weighted by Gasteiger charge is -2.21. The molecule has 2 aromatic rings. The zero-order chi connectivity index (χ0) is 18.6. The van der Waals surface area contributed by atoms with Crippen LogP contribution in [0.25, 0.3) is 5.69 Å². The van der Waals surface area contributed by atoms with Crippen molar-refractivity contribution in [1.82, 2.24) is 19.7 Å². The predicted molar refractivity (Wildman–Crippen MR) is 108 cm³/mol. The Kier molecular flexibility index (Phi) is 5.81. The van der Waals surface area contributed by atoms with Gasteiger partial charge in [-0.05, 0) is 44.7 Å². The first-order chi connectivity index (χ1) is 13.2. The van der Waals surface area contributed by atoms with E-state index >= 15 is 0 Å². The maximum absolute atomic E-state index is 12.7. The maximum Gasteiger partial charge on any atom is 0.235 e. The van der Waals surface area contributed by atoms with Gasteiger partial charge in [-0.25, -0.2) is 9.67 Å². The third-order valence-corrected chi connectivity index (χ3v) is 6.57. The molecule has 1 aliphatic heterocycles. The second-order valence-electron chi connectivity index (χ2n) is 7.63. The summed E-state index contributed by atoms with van der Waals surface area (Å²) in [7, 11) is 0. The van der Waals surface area contributed by atoms with Crippen molar-refractivity contribution in [2.75, 3.05) is 13.1 Å². The molecule has 1 amide bonds. The molecule has 0 N–H and O–H groups in total. The molecule has 2 aliphatic rings. The van der Waals surface area contributed by atoms with Crippen molar-refractivity contribution < 1.29 is 4.79 Å². The molecular formula is C21H28N4OS. The minimum Gasteiger partial charge on any atom is -0.342 e. The van der Waals surface area contributed by atoms with E-state index in [2.05, 4.69) is 12.1 Å². The lowest BCUT2D eigenvalue weighted by molar-refractivity contribution is -0.129. The molecular weight excluding hydrogens is 356 g/mol. The lowest BCUT2D eigenvalue weighted by Crippen LogP contribution is -2.34. The van der Waals surface area contributed by atoms with Gasteiger partial charge in [0.25, 0.3) is 0 Å². The number of carbonyl (C=O) groups is 1. The van der Waals surface area contributed by atoms with Crippen LogP contribution in [0.2, 0.25) is 0 Å². The molecule has 1 unspecified atom stereocenters. The Morgan fingerprint density at radius 2 is 1.78 bits per heavy atom. The fourth-order valence-electron chi connectivity index (χ4n) is 4.14. The van der Waals surface area contributed by atoms with E-state index in [0.717, 1.165) is 42.6 Å². The number of para-hydroxylation sites is 1. The van der Waals surface area contributed by atoms with Gasteiger partial charge in [0.1, 0.15) is 5.82 Å². The van der Waals surface area contributed by atoms with Crippen LogP contribution < -0.4 is 0 Å². The zero-order valence-corrected chi connectivity index (χ0v) is 16.8. The fourth-order valence-corrected chi connectivity index (χ4v) is 4.98. The maximum atomic E-state index is 12.7. The molecule has 5 nitrogen and oxygen atoms in total. The van der Waals surface area contributed by atoms with Crippen molar-refractivity contribution in [2.45, 2.75) is 68.2 Å². The number of thioether (sulfide) groups is 1. The third kappa shape index (κ3) is 4.21. The molecule has 0 bridgehead atoms. The van der Waals surface area contributed by atoms with Gasteiger partial charge < -0.3 is 4.90 Å². The Balaban J connectivity index is 1.57. The summed E-state index contributed by atoms with van der Waals surface area (Å²) < 4.78 is 2.01. The molecule has 2 heterocycles. The van der Waals surface area contributed by atoms with Crippen LogP contribution in [0.1, 0.15) is 63.6 Å². The van der Waals surface area contributed by atoms with E-state index in [-0.39, 0.29) is 11.2 Å². The van der Waals surface area contributed by atoms with Crippen molar-refractivity contribution in [3.05, 3.63) is 36.2 Å². The lowest BCUT2D eigenvalue weighted by atomic mass is 9.88. The topological polar surface area (TPSA) is 51.0 Å². The van der Waals surface area contributed by atoms with Crippen LogP contribution in [-0.2, 0) is 4.79 Å². The van der Waals surface area contributed by atoms with Gasteiger partial charge in [0.05, 0.1) is 10.9 Å². The van der Waals surface area contributed by atoms with Crippen molar-refractivity contribution >= 4 is 17.7 Å². The average Bonchev–Trinajstić information content (AvgIpc) is 3.39. The third-order valence-electron chi connectivity index (χ3n) is 5.63. The van der Waals surface area contributed by atoms with Gasteiger partial charge in [0, 0.05) is 19.0 Å². The van der Waals surface area contributed by atoms with Crippen molar-refractivity contribution in [3.8, 4) is 5.69 Å². The number of nitrogens with zero attached hydrogens (tertiary/aromatic N) is 4. The molecule has 1 saturated carbocycles. The summed E-state index contributed by atoms with van der Waals surface area (Å²) in [6, 6.07) is 10.2. The quantitative estimate of drug-likeness (QED) is 0.716. The number of likely N-dealkylation sites (tertiary alicyclic amines) is 1. The monoisotopic (exact) mass is 384 g/mol. The second-order valence-corrected chi connectivity index (χ2v) is 8.94. The summed E-state index contributed by atoms with van der Waals surface area (Å²) in [5.41, 5.74) is 1.05. The summed E-state index contributed by atoms with van der Waals surface area (Å²) in [5.74, 6) is 1.74. The molecule has 1 aromatic heterocycles. The van der Waals surface area contributed by atoms with Gasteiger partial charge >= 0.3 is 0 Å². The van der Waals surface area contributed by atoms with Crippen LogP contribution in [-0.4, -0.2) is 43.9 Å². The number of hydrogen-bond donors (Lipinski definition) is 0. The molecule has 1 aromatic carbocycles. The molecule has 1 saturated heterocycles. The van der Waals surface area contributed by atoms with Crippen LogP contribution in [0.15, 0.2) is 35.5 Å². The van der Waals surface area contributed by atoms with Crippen molar-refractivity contribution in [1.29, 1.82) is 0 Å². The molecule has 4 rings (SSSR count). The van der Waals surface area contributed by atoms with Crippen LogP contribution in [0.3, 0.4) is 0 Å². The van der Waals surface area contributed by atoms with Gasteiger partial charge in [-0.3, -0.25) is 4.79 Å². The summed E-state index contributed by atoms with van der Waals surface area (Å²) in [5, 5.41) is 5.38. The average molecular weight is 385 g/mol. The van der Waals surface area contributed by atoms with Crippen LogP contribution in [0.5, 0.6) is 0 Å². The van der Waals surface area contributed by atoms with Gasteiger partial charge in [-0.15, -0.1) is 5.10 Å². The normalized spacial score (nSPS) is 19.4. The minimum absolute atomic E-state index is 0.145.